The summed E-state index contributed by atoms with van der Waals surface area (Å²) in [5.41, 5.74) is 7.84. The van der Waals surface area contributed by atoms with Crippen LogP contribution in [0.15, 0.2) is 36.4 Å². The molecule has 3 aromatic rings. The van der Waals surface area contributed by atoms with E-state index in [1.807, 2.05) is 19.2 Å². The molecule has 4 atom stereocenters. The van der Waals surface area contributed by atoms with Gasteiger partial charge >= 0.3 is 5.97 Å². The van der Waals surface area contributed by atoms with Crippen LogP contribution in [0.2, 0.25) is 0 Å². The van der Waals surface area contributed by atoms with Crippen LogP contribution in [0.3, 0.4) is 0 Å². The molecule has 7 rings (SSSR count). The molecule has 0 saturated carbocycles. The summed E-state index contributed by atoms with van der Waals surface area (Å²) >= 11 is 0. The van der Waals surface area contributed by atoms with E-state index >= 15 is 0 Å². The van der Waals surface area contributed by atoms with Gasteiger partial charge in [0.2, 0.25) is 0 Å². The Hall–Kier alpha value is -3.47. The summed E-state index contributed by atoms with van der Waals surface area (Å²) in [6.07, 6.45) is 4.32. The number of aromatic hydroxyl groups is 2. The van der Waals surface area contributed by atoms with Crippen LogP contribution in [0.4, 0.5) is 0 Å². The molecule has 43 heavy (non-hydrogen) atoms. The van der Waals surface area contributed by atoms with Crippen molar-refractivity contribution in [2.75, 3.05) is 33.1 Å². The van der Waals surface area contributed by atoms with Crippen molar-refractivity contribution >= 4 is 33.6 Å². The third kappa shape index (κ3) is 4.80. The van der Waals surface area contributed by atoms with E-state index in [1.165, 1.54) is 6.92 Å². The Bertz CT molecular complexity index is 1660. The van der Waals surface area contributed by atoms with Crippen molar-refractivity contribution < 1.29 is 34.0 Å². The third-order valence-corrected chi connectivity index (χ3v) is 11.2. The first-order valence-corrected chi connectivity index (χ1v) is 16.8. The minimum atomic E-state index is -0.475. The molecule has 3 N–H and O–H groups in total. The number of phenols is 2. The van der Waals surface area contributed by atoms with Crippen molar-refractivity contribution in [1.82, 2.24) is 5.32 Å². The summed E-state index contributed by atoms with van der Waals surface area (Å²) in [6.45, 7) is 1.96. The van der Waals surface area contributed by atoms with Crippen molar-refractivity contribution in [2.24, 2.45) is 0 Å². The summed E-state index contributed by atoms with van der Waals surface area (Å²) in [6, 6.07) is 9.47. The fourth-order valence-corrected chi connectivity index (χ4v) is 9.25. The van der Waals surface area contributed by atoms with E-state index in [2.05, 4.69) is 23.5 Å². The normalized spacial score (nSPS) is 23.0. The van der Waals surface area contributed by atoms with Gasteiger partial charge in [0.15, 0.2) is 11.5 Å². The minimum Gasteiger partial charge on any atom is -0.508 e. The first kappa shape index (κ1) is 28.3. The van der Waals surface area contributed by atoms with Gasteiger partial charge < -0.3 is 34.5 Å². The van der Waals surface area contributed by atoms with Crippen LogP contribution in [0.25, 0.3) is 17.2 Å². The van der Waals surface area contributed by atoms with E-state index in [1.54, 1.807) is 40.8 Å². The predicted octanol–water partition coefficient (Wildman–Crippen LogP) is 6.08. The maximum atomic E-state index is 12.1. The number of phenolic OH excluding ortho intramolecular Hbond substituents is 2. The number of carbonyl (C=O) groups excluding carboxylic acids is 1. The van der Waals surface area contributed by atoms with Gasteiger partial charge in [0, 0.05) is 58.2 Å². The molecule has 0 spiro atoms. The highest BCUT2D eigenvalue weighted by Crippen LogP contribution is 2.59. The third-order valence-electron chi connectivity index (χ3n) is 8.78. The number of nitrogens with one attached hydrogen (secondary N) is 1. The molecule has 8 nitrogen and oxygen atoms in total. The predicted molar refractivity (Wildman–Crippen MR) is 169 cm³/mol. The van der Waals surface area contributed by atoms with E-state index in [9.17, 15) is 15.0 Å². The largest absolute Gasteiger partial charge is 0.508 e. The smallest absolute Gasteiger partial charge is 0.302 e. The first-order valence-electron chi connectivity index (χ1n) is 14.4. The Morgan fingerprint density at radius 1 is 1.12 bits per heavy atom. The van der Waals surface area contributed by atoms with Crippen molar-refractivity contribution in [1.29, 1.82) is 0 Å². The summed E-state index contributed by atoms with van der Waals surface area (Å²) in [5.74, 6) is 3.14. The molecule has 0 amide bonds. The molecule has 4 aliphatic rings. The fourth-order valence-electron chi connectivity index (χ4n) is 6.84. The number of hydrogen-bond donors (Lipinski definition) is 3. The number of fused-ring (bicyclic) bond motifs is 7. The maximum Gasteiger partial charge on any atom is 0.302 e. The Morgan fingerprint density at radius 3 is 2.77 bits per heavy atom. The van der Waals surface area contributed by atoms with Gasteiger partial charge in [-0.2, -0.15) is 0 Å². The van der Waals surface area contributed by atoms with Crippen molar-refractivity contribution in [3.05, 3.63) is 69.8 Å². The van der Waals surface area contributed by atoms with Gasteiger partial charge in [-0.3, -0.25) is 4.79 Å². The van der Waals surface area contributed by atoms with Gasteiger partial charge in [-0.05, 0) is 42.3 Å². The quantitative estimate of drug-likeness (QED) is 0.235. The molecule has 10 heteroatoms. The second-order valence-corrected chi connectivity index (χ2v) is 13.8. The molecule has 2 bridgehead atoms. The lowest BCUT2D eigenvalue weighted by Gasteiger charge is -2.30. The topological polar surface area (TPSA) is 106 Å². The second-order valence-electron chi connectivity index (χ2n) is 11.3. The molecular formula is C33H33NO7S2. The van der Waals surface area contributed by atoms with Crippen LogP contribution in [-0.2, 0) is 21.7 Å². The number of likely N-dealkylation sites (N-methyl/N-ethyl adjacent to an activating group) is 1. The Balaban J connectivity index is 1.46. The van der Waals surface area contributed by atoms with Crippen LogP contribution in [-0.4, -0.2) is 55.3 Å². The van der Waals surface area contributed by atoms with Gasteiger partial charge in [-0.1, -0.05) is 45.9 Å². The Labute approximate surface area is 258 Å². The van der Waals surface area contributed by atoms with Gasteiger partial charge in [0.05, 0.1) is 19.1 Å². The average Bonchev–Trinajstić information content (AvgIpc) is 3.19. The number of rotatable bonds is 4. The summed E-state index contributed by atoms with van der Waals surface area (Å²) in [5, 5.41) is 24.8. The molecule has 3 aromatic carbocycles. The molecule has 1 aliphatic carbocycles. The molecule has 0 saturated heterocycles. The Morgan fingerprint density at radius 2 is 1.98 bits per heavy atom. The first-order chi connectivity index (χ1) is 20.9. The molecule has 0 aromatic heterocycles. The highest BCUT2D eigenvalue weighted by molar-refractivity contribution is 8.76. The van der Waals surface area contributed by atoms with Crippen LogP contribution >= 0.6 is 21.6 Å². The number of methoxy groups -OCH3 is 1. The zero-order chi connectivity index (χ0) is 29.8. The number of ether oxygens (including phenoxy) is 4. The monoisotopic (exact) mass is 619 g/mol. The van der Waals surface area contributed by atoms with Crippen molar-refractivity contribution in [3.8, 4) is 39.9 Å². The summed E-state index contributed by atoms with van der Waals surface area (Å²) in [4.78, 5) is 12.1. The van der Waals surface area contributed by atoms with Crippen LogP contribution in [0.1, 0.15) is 58.2 Å². The molecule has 0 radical (unpaired) electrons. The lowest BCUT2D eigenvalue weighted by molar-refractivity contribution is -0.141. The van der Waals surface area contributed by atoms with E-state index < -0.39 is 6.10 Å². The zero-order valence-corrected chi connectivity index (χ0v) is 25.8. The molecule has 3 heterocycles. The van der Waals surface area contributed by atoms with Gasteiger partial charge in [0.25, 0.3) is 0 Å². The van der Waals surface area contributed by atoms with Crippen LogP contribution in [0, 0.1) is 0 Å². The van der Waals surface area contributed by atoms with E-state index in [0.29, 0.717) is 23.9 Å². The van der Waals surface area contributed by atoms with Gasteiger partial charge in [0.1, 0.15) is 36.6 Å². The van der Waals surface area contributed by atoms with Crippen molar-refractivity contribution in [2.45, 2.75) is 43.1 Å². The van der Waals surface area contributed by atoms with E-state index in [4.69, 9.17) is 18.9 Å². The van der Waals surface area contributed by atoms with Gasteiger partial charge in [-0.25, -0.2) is 0 Å². The Kier molecular flexibility index (Phi) is 7.39. The minimum absolute atomic E-state index is 0.0177. The standard InChI is InChI=1S/C33H33NO7S2/c1-16(35)39-13-25-22-6-7-23-28-17(9-21(36)11-27(28)38-3)8-18-14-42-43-15-19-10-26(37)31-24(5-4-20(34-2)12-40-31)30(19)33(25)41-32(22)29(18)23/h4-7,9-11,18,20,25,33-34,36-37H,8,12-15H2,1-3H3/t18-,20+,25-,33+/m1/s1. The molecule has 0 unspecified atom stereocenters. The highest BCUT2D eigenvalue weighted by Gasteiger charge is 2.44. The van der Waals surface area contributed by atoms with E-state index in [0.717, 1.165) is 62.4 Å². The zero-order valence-electron chi connectivity index (χ0n) is 24.1. The number of benzene rings is 3. The average molecular weight is 620 g/mol. The molecular weight excluding hydrogens is 586 g/mol. The lowest BCUT2D eigenvalue weighted by Crippen LogP contribution is -2.28. The van der Waals surface area contributed by atoms with Crippen molar-refractivity contribution in [3.63, 3.8) is 0 Å². The highest BCUT2D eigenvalue weighted by atomic mass is 33.1. The van der Waals surface area contributed by atoms with E-state index in [-0.39, 0.29) is 42.0 Å². The number of hydrogen-bond acceptors (Lipinski definition) is 10. The maximum absolute atomic E-state index is 12.1. The second kappa shape index (κ2) is 11.2. The molecule has 3 aliphatic heterocycles. The van der Waals surface area contributed by atoms with Gasteiger partial charge in [-0.15, -0.1) is 0 Å². The fraction of sp³-hybridized carbons (Fsp3) is 0.364. The van der Waals surface area contributed by atoms with Crippen LogP contribution < -0.4 is 19.5 Å². The SMILES string of the molecule is CN[C@H]1C=Cc2c(c(O)cc3c2[C@H]2Oc4c(ccc5c4[C@@H](CSSC3)Cc3cc(O)cc(OC)c3-5)[C@H]2COC(C)=O)OC1. The lowest BCUT2D eigenvalue weighted by atomic mass is 9.76. The summed E-state index contributed by atoms with van der Waals surface area (Å²) in [7, 11) is 7.04. The molecule has 0 fully saturated rings. The number of esters is 1. The summed E-state index contributed by atoms with van der Waals surface area (Å²) < 4.78 is 24.7. The molecule has 224 valence electrons. The number of carbonyl (C=O) groups is 1. The van der Waals surface area contributed by atoms with Crippen LogP contribution in [0.5, 0.6) is 28.7 Å².